The van der Waals surface area contributed by atoms with Gasteiger partial charge in [-0.25, -0.2) is 0 Å². The lowest BCUT2D eigenvalue weighted by Gasteiger charge is -2.33. The highest BCUT2D eigenvalue weighted by atomic mass is 16.5. The van der Waals surface area contributed by atoms with E-state index in [0.29, 0.717) is 17.0 Å². The minimum absolute atomic E-state index is 0.0635. The highest BCUT2D eigenvalue weighted by Crippen LogP contribution is 2.38. The van der Waals surface area contributed by atoms with Crippen LogP contribution in [0.4, 0.5) is 11.4 Å². The summed E-state index contributed by atoms with van der Waals surface area (Å²) in [6, 6.07) is 15.0. The van der Waals surface area contributed by atoms with Crippen molar-refractivity contribution in [2.24, 2.45) is 0 Å². The summed E-state index contributed by atoms with van der Waals surface area (Å²) in [6.45, 7) is 0. The van der Waals surface area contributed by atoms with Gasteiger partial charge in [-0.2, -0.15) is 0 Å². The number of anilines is 2. The number of Topliss-reactive ketones (excluding diaryl/α,β-unsaturated/α-hetero) is 1. The summed E-state index contributed by atoms with van der Waals surface area (Å²) in [5.74, 6) is 0.750. The third kappa shape index (κ3) is 2.36. The molecule has 1 aliphatic heterocycles. The van der Waals surface area contributed by atoms with Gasteiger partial charge in [0.15, 0.2) is 5.78 Å². The normalized spacial score (nSPS) is 19.7. The average Bonchev–Trinajstić information content (AvgIpc) is 2.57. The Bertz CT molecular complexity index is 811. The summed E-state index contributed by atoms with van der Waals surface area (Å²) in [5.41, 5.74) is 9.84. The average molecular weight is 306 g/mol. The van der Waals surface area contributed by atoms with Crippen molar-refractivity contribution in [3.05, 3.63) is 65.4 Å². The van der Waals surface area contributed by atoms with Crippen LogP contribution in [-0.4, -0.2) is 11.9 Å². The molecule has 1 heterocycles. The first-order valence-electron chi connectivity index (χ1n) is 7.89. The van der Waals surface area contributed by atoms with Crippen LogP contribution in [0.3, 0.4) is 0 Å². The lowest BCUT2D eigenvalue weighted by molar-refractivity contribution is 0.0944. The number of para-hydroxylation sites is 3. The van der Waals surface area contributed by atoms with Crippen molar-refractivity contribution in [1.82, 2.24) is 0 Å². The molecule has 0 aromatic heterocycles. The van der Waals surface area contributed by atoms with Crippen LogP contribution in [0.25, 0.3) is 0 Å². The molecule has 4 nitrogen and oxygen atoms in total. The van der Waals surface area contributed by atoms with Gasteiger partial charge in [-0.1, -0.05) is 24.3 Å². The molecule has 2 aliphatic rings. The number of nitrogens with two attached hydrogens (primary N) is 1. The van der Waals surface area contributed by atoms with Crippen molar-refractivity contribution in [2.75, 3.05) is 11.1 Å². The lowest BCUT2D eigenvalue weighted by atomic mass is 9.85. The molecule has 116 valence electrons. The topological polar surface area (TPSA) is 64.3 Å². The predicted octanol–water partition coefficient (Wildman–Crippen LogP) is 3.76. The number of hydrogen-bond acceptors (Lipinski definition) is 4. The van der Waals surface area contributed by atoms with Gasteiger partial charge in [-0.15, -0.1) is 0 Å². The van der Waals surface area contributed by atoms with E-state index in [1.54, 1.807) is 0 Å². The summed E-state index contributed by atoms with van der Waals surface area (Å²) < 4.78 is 6.05. The maximum Gasteiger partial charge on any atom is 0.198 e. The molecular weight excluding hydrogens is 288 g/mol. The van der Waals surface area contributed by atoms with Gasteiger partial charge in [-0.3, -0.25) is 4.79 Å². The fraction of sp³-hybridized carbons (Fsp3) is 0.211. The standard InChI is InChI=1S/C19H18N2O2/c20-13-7-2-3-8-14(13)21-15-9-5-11-17-18(15)19(22)12-6-1-4-10-16(12)23-17/h1-4,6-8,10,17,21H,5,9,11,20H2/t17-/m0/s1. The predicted molar refractivity (Wildman–Crippen MR) is 90.5 cm³/mol. The highest BCUT2D eigenvalue weighted by Gasteiger charge is 2.36. The van der Waals surface area contributed by atoms with Gasteiger partial charge in [0.1, 0.15) is 11.9 Å². The molecule has 0 amide bonds. The molecule has 1 atom stereocenters. The maximum absolute atomic E-state index is 12.9. The molecule has 0 bridgehead atoms. The minimum Gasteiger partial charge on any atom is -0.485 e. The Morgan fingerprint density at radius 3 is 2.74 bits per heavy atom. The second-order valence-corrected chi connectivity index (χ2v) is 5.93. The quantitative estimate of drug-likeness (QED) is 0.829. The number of hydrogen-bond donors (Lipinski definition) is 2. The Morgan fingerprint density at radius 1 is 1.09 bits per heavy atom. The third-order valence-electron chi connectivity index (χ3n) is 4.43. The first-order valence-corrected chi connectivity index (χ1v) is 7.89. The fourth-order valence-electron chi connectivity index (χ4n) is 3.30. The number of nitrogen functional groups attached to an aromatic ring is 1. The molecule has 1 aliphatic carbocycles. The van der Waals surface area contributed by atoms with Crippen LogP contribution < -0.4 is 15.8 Å². The summed E-state index contributed by atoms with van der Waals surface area (Å²) in [6.07, 6.45) is 2.51. The van der Waals surface area contributed by atoms with Gasteiger partial charge < -0.3 is 15.8 Å². The van der Waals surface area contributed by atoms with Gasteiger partial charge >= 0.3 is 0 Å². The van der Waals surface area contributed by atoms with E-state index in [2.05, 4.69) is 5.32 Å². The fourth-order valence-corrected chi connectivity index (χ4v) is 3.30. The summed E-state index contributed by atoms with van der Waals surface area (Å²) >= 11 is 0. The molecule has 0 radical (unpaired) electrons. The molecule has 4 rings (SSSR count). The number of benzene rings is 2. The van der Waals surface area contributed by atoms with E-state index in [-0.39, 0.29) is 11.9 Å². The SMILES string of the molecule is Nc1ccccc1NC1=C2C(=O)c3ccccc3O[C@H]2CCC1. The lowest BCUT2D eigenvalue weighted by Crippen LogP contribution is -2.35. The number of nitrogens with one attached hydrogen (secondary N) is 1. The van der Waals surface area contributed by atoms with Gasteiger partial charge in [-0.05, 0) is 43.5 Å². The molecule has 2 aromatic carbocycles. The molecule has 3 N–H and O–H groups in total. The van der Waals surface area contributed by atoms with Gasteiger partial charge in [0.05, 0.1) is 22.5 Å². The van der Waals surface area contributed by atoms with E-state index >= 15 is 0 Å². The van der Waals surface area contributed by atoms with Crippen LogP contribution in [0.1, 0.15) is 29.6 Å². The van der Waals surface area contributed by atoms with Crippen LogP contribution >= 0.6 is 0 Å². The van der Waals surface area contributed by atoms with Crippen LogP contribution in [-0.2, 0) is 0 Å². The first kappa shape index (κ1) is 13.9. The van der Waals surface area contributed by atoms with Crippen molar-refractivity contribution in [3.8, 4) is 5.75 Å². The van der Waals surface area contributed by atoms with E-state index in [9.17, 15) is 4.79 Å². The van der Waals surface area contributed by atoms with Crippen molar-refractivity contribution in [3.63, 3.8) is 0 Å². The Hall–Kier alpha value is -2.75. The number of ether oxygens (including phenoxy) is 1. The molecule has 2 aromatic rings. The van der Waals surface area contributed by atoms with Crippen molar-refractivity contribution >= 4 is 17.2 Å². The van der Waals surface area contributed by atoms with Crippen LogP contribution in [0, 0.1) is 0 Å². The molecule has 0 saturated carbocycles. The first-order chi connectivity index (χ1) is 11.2. The number of carbonyl (C=O) groups is 1. The third-order valence-corrected chi connectivity index (χ3v) is 4.43. The van der Waals surface area contributed by atoms with E-state index in [1.165, 1.54) is 0 Å². The summed E-state index contributed by atoms with van der Waals surface area (Å²) in [7, 11) is 0. The number of ketones is 1. The van der Waals surface area contributed by atoms with Crippen molar-refractivity contribution in [2.45, 2.75) is 25.4 Å². The monoisotopic (exact) mass is 306 g/mol. The van der Waals surface area contributed by atoms with E-state index < -0.39 is 0 Å². The Morgan fingerprint density at radius 2 is 1.87 bits per heavy atom. The Balaban J connectivity index is 1.77. The number of fused-ring (bicyclic) bond motifs is 2. The molecular formula is C19H18N2O2. The summed E-state index contributed by atoms with van der Waals surface area (Å²) in [5, 5.41) is 3.36. The van der Waals surface area contributed by atoms with Gasteiger partial charge in [0, 0.05) is 5.70 Å². The molecule has 0 saturated heterocycles. The largest absolute Gasteiger partial charge is 0.485 e. The zero-order valence-corrected chi connectivity index (χ0v) is 12.7. The second kappa shape index (κ2) is 5.47. The van der Waals surface area contributed by atoms with Gasteiger partial charge in [0.25, 0.3) is 0 Å². The zero-order chi connectivity index (χ0) is 15.8. The van der Waals surface area contributed by atoms with Crippen molar-refractivity contribution in [1.29, 1.82) is 0 Å². The minimum atomic E-state index is -0.168. The number of rotatable bonds is 2. The van der Waals surface area contributed by atoms with Crippen molar-refractivity contribution < 1.29 is 9.53 Å². The molecule has 4 heteroatoms. The molecule has 0 fully saturated rings. The van der Waals surface area contributed by atoms with Crippen LogP contribution in [0.5, 0.6) is 5.75 Å². The number of carbonyl (C=O) groups excluding carboxylic acids is 1. The van der Waals surface area contributed by atoms with E-state index in [4.69, 9.17) is 10.5 Å². The summed E-state index contributed by atoms with van der Waals surface area (Å²) in [4.78, 5) is 12.9. The zero-order valence-electron chi connectivity index (χ0n) is 12.7. The van der Waals surface area contributed by atoms with E-state index in [1.807, 2.05) is 48.5 Å². The molecule has 0 unspecified atom stereocenters. The van der Waals surface area contributed by atoms with Gasteiger partial charge in [0.2, 0.25) is 0 Å². The Labute approximate surface area is 135 Å². The van der Waals surface area contributed by atoms with Crippen LogP contribution in [0.2, 0.25) is 0 Å². The smallest absolute Gasteiger partial charge is 0.198 e. The van der Waals surface area contributed by atoms with E-state index in [0.717, 1.165) is 36.2 Å². The van der Waals surface area contributed by atoms with Crippen LogP contribution in [0.15, 0.2) is 59.8 Å². The molecule has 0 spiro atoms. The number of allylic oxidation sites excluding steroid dienone is 1. The molecule has 23 heavy (non-hydrogen) atoms. The highest BCUT2D eigenvalue weighted by molar-refractivity contribution is 6.13. The Kier molecular flexibility index (Phi) is 3.30. The maximum atomic E-state index is 12.9. The second-order valence-electron chi connectivity index (χ2n) is 5.93.